The highest BCUT2D eigenvalue weighted by Gasteiger charge is 2.26. The van der Waals surface area contributed by atoms with Crippen LogP contribution in [-0.2, 0) is 17.7 Å². The van der Waals surface area contributed by atoms with Gasteiger partial charge in [-0.3, -0.25) is 0 Å². The van der Waals surface area contributed by atoms with Crippen molar-refractivity contribution < 1.29 is 4.74 Å². The van der Waals surface area contributed by atoms with Gasteiger partial charge in [0.05, 0.1) is 6.61 Å². The molecule has 1 atom stereocenters. The monoisotopic (exact) mass is 248 g/mol. The Hall–Kier alpha value is -0.900. The van der Waals surface area contributed by atoms with E-state index < -0.39 is 0 Å². The fourth-order valence-corrected chi connectivity index (χ4v) is 2.51. The van der Waals surface area contributed by atoms with Crippen LogP contribution in [0, 0.1) is 0 Å². The van der Waals surface area contributed by atoms with Crippen molar-refractivity contribution in [2.45, 2.75) is 38.3 Å². The van der Waals surface area contributed by atoms with Crippen LogP contribution in [0.5, 0.6) is 0 Å². The van der Waals surface area contributed by atoms with Gasteiger partial charge in [0, 0.05) is 18.7 Å². The van der Waals surface area contributed by atoms with Crippen LogP contribution in [0.1, 0.15) is 30.9 Å². The van der Waals surface area contributed by atoms with Crippen LogP contribution in [0.15, 0.2) is 24.3 Å². The predicted octanol–water partition coefficient (Wildman–Crippen LogP) is 1.85. The molecule has 100 valence electrons. The van der Waals surface area contributed by atoms with Gasteiger partial charge in [0.25, 0.3) is 0 Å². The molecular weight excluding hydrogens is 224 g/mol. The molecule has 0 aromatic heterocycles. The highest BCUT2D eigenvalue weighted by Crippen LogP contribution is 2.19. The van der Waals surface area contributed by atoms with E-state index in [0.29, 0.717) is 6.54 Å². The van der Waals surface area contributed by atoms with Crippen LogP contribution in [-0.4, -0.2) is 25.3 Å². The minimum atomic E-state index is 0.119. The summed E-state index contributed by atoms with van der Waals surface area (Å²) in [4.78, 5) is 0. The summed E-state index contributed by atoms with van der Waals surface area (Å²) in [6.07, 6.45) is 3.28. The highest BCUT2D eigenvalue weighted by molar-refractivity contribution is 5.27. The zero-order valence-electron chi connectivity index (χ0n) is 11.2. The van der Waals surface area contributed by atoms with Crippen LogP contribution in [0.25, 0.3) is 0 Å². The van der Waals surface area contributed by atoms with Gasteiger partial charge in [-0.15, -0.1) is 0 Å². The molecule has 1 aromatic rings. The lowest BCUT2D eigenvalue weighted by Gasteiger charge is -2.34. The molecule has 0 saturated carbocycles. The maximum absolute atomic E-state index is 5.65. The molecule has 3 nitrogen and oxygen atoms in total. The number of ether oxygens (including phenoxy) is 1. The average molecular weight is 248 g/mol. The Labute approximate surface area is 110 Å². The Balaban J connectivity index is 1.96. The first kappa shape index (κ1) is 13.5. The molecule has 0 amide bonds. The van der Waals surface area contributed by atoms with E-state index >= 15 is 0 Å². The Morgan fingerprint density at radius 1 is 1.33 bits per heavy atom. The third-order valence-corrected chi connectivity index (χ3v) is 3.68. The molecule has 1 saturated heterocycles. The van der Waals surface area contributed by atoms with Crippen LogP contribution < -0.4 is 11.1 Å². The molecule has 0 bridgehead atoms. The fraction of sp³-hybridized carbons (Fsp3) is 0.600. The van der Waals surface area contributed by atoms with E-state index in [1.165, 1.54) is 17.5 Å². The second-order valence-corrected chi connectivity index (χ2v) is 5.38. The van der Waals surface area contributed by atoms with E-state index in [1.54, 1.807) is 0 Å². The molecule has 0 spiro atoms. The normalized spacial score (nSPS) is 24.1. The maximum atomic E-state index is 5.65. The third-order valence-electron chi connectivity index (χ3n) is 3.68. The summed E-state index contributed by atoms with van der Waals surface area (Å²) in [6.45, 7) is 5.57. The summed E-state index contributed by atoms with van der Waals surface area (Å²) in [6, 6.07) is 8.53. The van der Waals surface area contributed by atoms with E-state index in [1.807, 2.05) is 0 Å². The lowest BCUT2D eigenvalue weighted by atomic mass is 9.94. The topological polar surface area (TPSA) is 47.3 Å². The molecule has 3 heteroatoms. The third kappa shape index (κ3) is 3.55. The van der Waals surface area contributed by atoms with Crippen LogP contribution >= 0.6 is 0 Å². The first-order chi connectivity index (χ1) is 8.73. The minimum absolute atomic E-state index is 0.119. The average Bonchev–Trinajstić information content (AvgIpc) is 2.39. The predicted molar refractivity (Wildman–Crippen MR) is 74.5 cm³/mol. The van der Waals surface area contributed by atoms with E-state index in [2.05, 4.69) is 36.5 Å². The summed E-state index contributed by atoms with van der Waals surface area (Å²) in [5.74, 6) is 0. The summed E-state index contributed by atoms with van der Waals surface area (Å²) < 4.78 is 5.57. The minimum Gasteiger partial charge on any atom is -0.380 e. The van der Waals surface area contributed by atoms with Gasteiger partial charge in [-0.2, -0.15) is 0 Å². The van der Waals surface area contributed by atoms with Crippen molar-refractivity contribution in [3.63, 3.8) is 0 Å². The number of hydrogen-bond donors (Lipinski definition) is 2. The SMILES string of the molecule is CC1(NCc2ccccc2CCN)CCCOC1. The number of rotatable bonds is 5. The smallest absolute Gasteiger partial charge is 0.0645 e. The Kier molecular flexibility index (Phi) is 4.75. The quantitative estimate of drug-likeness (QED) is 0.836. The van der Waals surface area contributed by atoms with E-state index in [9.17, 15) is 0 Å². The molecule has 1 aliphatic heterocycles. The summed E-state index contributed by atoms with van der Waals surface area (Å²) in [5, 5.41) is 3.65. The largest absolute Gasteiger partial charge is 0.380 e. The van der Waals surface area contributed by atoms with Crippen molar-refractivity contribution in [1.29, 1.82) is 0 Å². The number of nitrogens with two attached hydrogens (primary N) is 1. The Morgan fingerprint density at radius 3 is 2.78 bits per heavy atom. The van der Waals surface area contributed by atoms with Crippen LogP contribution in [0.4, 0.5) is 0 Å². The molecule has 2 rings (SSSR count). The van der Waals surface area contributed by atoms with Crippen molar-refractivity contribution in [2.75, 3.05) is 19.8 Å². The molecule has 1 aromatic carbocycles. The fourth-order valence-electron chi connectivity index (χ4n) is 2.51. The lowest BCUT2D eigenvalue weighted by molar-refractivity contribution is 0.0277. The van der Waals surface area contributed by atoms with Gasteiger partial charge in [-0.25, -0.2) is 0 Å². The van der Waals surface area contributed by atoms with Crippen LogP contribution in [0.2, 0.25) is 0 Å². The molecule has 1 heterocycles. The zero-order chi connectivity index (χ0) is 12.8. The van der Waals surface area contributed by atoms with Gasteiger partial charge in [-0.1, -0.05) is 24.3 Å². The Bertz CT molecular complexity index is 373. The second-order valence-electron chi connectivity index (χ2n) is 5.38. The molecule has 18 heavy (non-hydrogen) atoms. The van der Waals surface area contributed by atoms with Crippen molar-refractivity contribution >= 4 is 0 Å². The van der Waals surface area contributed by atoms with E-state index in [4.69, 9.17) is 10.5 Å². The number of nitrogens with one attached hydrogen (secondary N) is 1. The van der Waals surface area contributed by atoms with Crippen molar-refractivity contribution in [3.05, 3.63) is 35.4 Å². The standard InChI is InChI=1S/C15H24N2O/c1-15(8-4-10-18-12-15)17-11-14-6-3-2-5-13(14)7-9-16/h2-3,5-6,17H,4,7-12,16H2,1H3. The first-order valence-electron chi connectivity index (χ1n) is 6.83. The molecule has 0 radical (unpaired) electrons. The van der Waals surface area contributed by atoms with Gasteiger partial charge in [0.1, 0.15) is 0 Å². The summed E-state index contributed by atoms with van der Waals surface area (Å²) in [5.41, 5.74) is 8.48. The molecule has 3 N–H and O–H groups in total. The van der Waals surface area contributed by atoms with Crippen molar-refractivity contribution in [1.82, 2.24) is 5.32 Å². The second kappa shape index (κ2) is 6.32. The molecule has 1 fully saturated rings. The van der Waals surface area contributed by atoms with Crippen molar-refractivity contribution in [3.8, 4) is 0 Å². The number of hydrogen-bond acceptors (Lipinski definition) is 3. The van der Waals surface area contributed by atoms with Gasteiger partial charge in [0.2, 0.25) is 0 Å². The zero-order valence-corrected chi connectivity index (χ0v) is 11.2. The van der Waals surface area contributed by atoms with Crippen molar-refractivity contribution in [2.24, 2.45) is 5.73 Å². The summed E-state index contributed by atoms with van der Waals surface area (Å²) >= 11 is 0. The molecule has 1 unspecified atom stereocenters. The van der Waals surface area contributed by atoms with Gasteiger partial charge in [0.15, 0.2) is 0 Å². The van der Waals surface area contributed by atoms with Gasteiger partial charge >= 0.3 is 0 Å². The lowest BCUT2D eigenvalue weighted by Crippen LogP contribution is -2.48. The van der Waals surface area contributed by atoms with E-state index in [0.717, 1.165) is 32.6 Å². The molecule has 0 aliphatic carbocycles. The van der Waals surface area contributed by atoms with E-state index in [-0.39, 0.29) is 5.54 Å². The highest BCUT2D eigenvalue weighted by atomic mass is 16.5. The summed E-state index contributed by atoms with van der Waals surface area (Å²) in [7, 11) is 0. The van der Waals surface area contributed by atoms with Gasteiger partial charge < -0.3 is 15.8 Å². The molecule has 1 aliphatic rings. The first-order valence-corrected chi connectivity index (χ1v) is 6.83. The van der Waals surface area contributed by atoms with Gasteiger partial charge in [-0.05, 0) is 43.9 Å². The molecular formula is C15H24N2O. The number of benzene rings is 1. The maximum Gasteiger partial charge on any atom is 0.0645 e. The Morgan fingerprint density at radius 2 is 2.11 bits per heavy atom. The van der Waals surface area contributed by atoms with Crippen LogP contribution in [0.3, 0.4) is 0 Å².